The summed E-state index contributed by atoms with van der Waals surface area (Å²) in [6.45, 7) is 0.561. The smallest absolute Gasteiger partial charge is 0.0890 e. The van der Waals surface area contributed by atoms with Crippen LogP contribution < -0.4 is 5.73 Å². The topological polar surface area (TPSA) is 43.8 Å². The Bertz CT molecular complexity index is 367. The van der Waals surface area contributed by atoms with Crippen LogP contribution in [0.3, 0.4) is 0 Å². The Morgan fingerprint density at radius 3 is 2.57 bits per heavy atom. The van der Waals surface area contributed by atoms with Gasteiger partial charge in [0.25, 0.3) is 0 Å². The number of rotatable bonds is 3. The quantitative estimate of drug-likeness (QED) is 0.790. The van der Waals surface area contributed by atoms with Crippen molar-refractivity contribution in [2.75, 3.05) is 6.54 Å². The fourth-order valence-electron chi connectivity index (χ4n) is 1.54. The van der Waals surface area contributed by atoms with Crippen LogP contribution in [0.5, 0.6) is 0 Å². The second-order valence-electron chi connectivity index (χ2n) is 3.15. The van der Waals surface area contributed by atoms with E-state index in [0.717, 1.165) is 0 Å². The Labute approximate surface area is 83.2 Å². The number of hydrogen-bond donors (Lipinski definition) is 1. The molecule has 3 heteroatoms. The second kappa shape index (κ2) is 4.07. The largest absolute Gasteiger partial charge is 0.328 e. The minimum absolute atomic E-state index is 0.145. The van der Waals surface area contributed by atoms with Crippen molar-refractivity contribution < 1.29 is 0 Å². The number of benzene rings is 1. The minimum Gasteiger partial charge on any atom is -0.328 e. The summed E-state index contributed by atoms with van der Waals surface area (Å²) in [7, 11) is 0. The zero-order valence-electron chi connectivity index (χ0n) is 7.88. The van der Waals surface area contributed by atoms with Crippen LogP contribution in [-0.4, -0.2) is 16.3 Å². The van der Waals surface area contributed by atoms with Crippen LogP contribution in [-0.2, 0) is 0 Å². The molecule has 0 fully saturated rings. The number of hydrogen-bond acceptors (Lipinski definition) is 2. The van der Waals surface area contributed by atoms with Gasteiger partial charge in [0, 0.05) is 18.9 Å². The van der Waals surface area contributed by atoms with Gasteiger partial charge in [-0.1, -0.05) is 30.3 Å². The third kappa shape index (κ3) is 1.67. The molecule has 0 aliphatic heterocycles. The SMILES string of the molecule is NC[C@@H](c1ccccc1)n1cccn1. The first-order chi connectivity index (χ1) is 6.92. The lowest BCUT2D eigenvalue weighted by atomic mass is 10.1. The maximum atomic E-state index is 5.74. The summed E-state index contributed by atoms with van der Waals surface area (Å²) in [6.07, 6.45) is 3.70. The normalized spacial score (nSPS) is 12.6. The first-order valence-electron chi connectivity index (χ1n) is 4.66. The molecule has 1 heterocycles. The number of nitrogens with zero attached hydrogens (tertiary/aromatic N) is 2. The van der Waals surface area contributed by atoms with E-state index in [4.69, 9.17) is 5.73 Å². The van der Waals surface area contributed by atoms with E-state index in [1.807, 2.05) is 35.1 Å². The van der Waals surface area contributed by atoms with Gasteiger partial charge >= 0.3 is 0 Å². The number of nitrogens with two attached hydrogens (primary N) is 1. The molecule has 14 heavy (non-hydrogen) atoms. The van der Waals surface area contributed by atoms with Crippen LogP contribution in [0.2, 0.25) is 0 Å². The predicted octanol–water partition coefficient (Wildman–Crippen LogP) is 1.43. The molecule has 0 radical (unpaired) electrons. The molecule has 1 atom stereocenters. The van der Waals surface area contributed by atoms with E-state index in [1.54, 1.807) is 6.20 Å². The van der Waals surface area contributed by atoms with Gasteiger partial charge in [0.15, 0.2) is 0 Å². The van der Waals surface area contributed by atoms with Gasteiger partial charge in [-0.25, -0.2) is 0 Å². The van der Waals surface area contributed by atoms with Crippen molar-refractivity contribution >= 4 is 0 Å². The Kier molecular flexibility index (Phi) is 2.60. The van der Waals surface area contributed by atoms with E-state index < -0.39 is 0 Å². The van der Waals surface area contributed by atoms with E-state index in [1.165, 1.54) is 5.56 Å². The molecule has 0 aliphatic rings. The minimum atomic E-state index is 0.145. The Hall–Kier alpha value is -1.61. The zero-order chi connectivity index (χ0) is 9.80. The standard InChI is InChI=1S/C11H13N3/c12-9-11(14-8-4-7-13-14)10-5-2-1-3-6-10/h1-8,11H,9,12H2/t11-/m0/s1. The van der Waals surface area contributed by atoms with Crippen molar-refractivity contribution in [2.24, 2.45) is 5.73 Å². The molecule has 2 aromatic rings. The summed E-state index contributed by atoms with van der Waals surface area (Å²) in [4.78, 5) is 0. The molecule has 0 bridgehead atoms. The molecule has 0 unspecified atom stereocenters. The monoisotopic (exact) mass is 187 g/mol. The third-order valence-electron chi connectivity index (χ3n) is 2.25. The zero-order valence-corrected chi connectivity index (χ0v) is 7.88. The first kappa shape index (κ1) is 8.97. The Balaban J connectivity index is 2.31. The van der Waals surface area contributed by atoms with Gasteiger partial charge in [0.2, 0.25) is 0 Å². The highest BCUT2D eigenvalue weighted by Gasteiger charge is 2.10. The molecule has 0 amide bonds. The molecule has 2 rings (SSSR count). The molecule has 0 saturated heterocycles. The van der Waals surface area contributed by atoms with Crippen LogP contribution in [0.4, 0.5) is 0 Å². The molecular weight excluding hydrogens is 174 g/mol. The predicted molar refractivity (Wildman–Crippen MR) is 55.9 cm³/mol. The third-order valence-corrected chi connectivity index (χ3v) is 2.25. The summed E-state index contributed by atoms with van der Waals surface area (Å²) in [5.74, 6) is 0. The summed E-state index contributed by atoms with van der Waals surface area (Å²) >= 11 is 0. The lowest BCUT2D eigenvalue weighted by molar-refractivity contribution is 0.532. The van der Waals surface area contributed by atoms with Crippen LogP contribution in [0.1, 0.15) is 11.6 Å². The van der Waals surface area contributed by atoms with Gasteiger partial charge in [-0.3, -0.25) is 4.68 Å². The molecule has 2 N–H and O–H groups in total. The molecule has 72 valence electrons. The maximum absolute atomic E-state index is 5.74. The summed E-state index contributed by atoms with van der Waals surface area (Å²) < 4.78 is 1.88. The van der Waals surface area contributed by atoms with Gasteiger partial charge in [0.1, 0.15) is 0 Å². The van der Waals surface area contributed by atoms with Crippen molar-refractivity contribution in [1.29, 1.82) is 0 Å². The number of aromatic nitrogens is 2. The van der Waals surface area contributed by atoms with Crippen molar-refractivity contribution in [1.82, 2.24) is 9.78 Å². The molecule has 3 nitrogen and oxygen atoms in total. The Morgan fingerprint density at radius 1 is 1.21 bits per heavy atom. The van der Waals surface area contributed by atoms with Crippen LogP contribution in [0.15, 0.2) is 48.8 Å². The molecule has 0 aliphatic carbocycles. The molecule has 0 saturated carbocycles. The van der Waals surface area contributed by atoms with E-state index in [-0.39, 0.29) is 6.04 Å². The molecule has 1 aromatic heterocycles. The van der Waals surface area contributed by atoms with Crippen molar-refractivity contribution in [2.45, 2.75) is 6.04 Å². The van der Waals surface area contributed by atoms with Crippen LogP contribution in [0, 0.1) is 0 Å². The van der Waals surface area contributed by atoms with Crippen LogP contribution in [0.25, 0.3) is 0 Å². The van der Waals surface area contributed by atoms with Crippen molar-refractivity contribution in [3.8, 4) is 0 Å². The van der Waals surface area contributed by atoms with Gasteiger partial charge in [-0.2, -0.15) is 5.10 Å². The van der Waals surface area contributed by atoms with E-state index in [0.29, 0.717) is 6.54 Å². The summed E-state index contributed by atoms with van der Waals surface area (Å²) in [5, 5.41) is 4.20. The highest BCUT2D eigenvalue weighted by molar-refractivity contribution is 5.19. The van der Waals surface area contributed by atoms with E-state index in [9.17, 15) is 0 Å². The fourth-order valence-corrected chi connectivity index (χ4v) is 1.54. The van der Waals surface area contributed by atoms with E-state index >= 15 is 0 Å². The highest BCUT2D eigenvalue weighted by atomic mass is 15.3. The highest BCUT2D eigenvalue weighted by Crippen LogP contribution is 2.15. The average molecular weight is 187 g/mol. The van der Waals surface area contributed by atoms with E-state index in [2.05, 4.69) is 17.2 Å². The van der Waals surface area contributed by atoms with Gasteiger partial charge in [0.05, 0.1) is 6.04 Å². The van der Waals surface area contributed by atoms with Crippen molar-refractivity contribution in [3.05, 3.63) is 54.4 Å². The lowest BCUT2D eigenvalue weighted by Gasteiger charge is -2.15. The maximum Gasteiger partial charge on any atom is 0.0890 e. The van der Waals surface area contributed by atoms with Gasteiger partial charge in [-0.05, 0) is 11.6 Å². The van der Waals surface area contributed by atoms with Gasteiger partial charge < -0.3 is 5.73 Å². The lowest BCUT2D eigenvalue weighted by Crippen LogP contribution is -2.20. The van der Waals surface area contributed by atoms with Crippen LogP contribution >= 0.6 is 0 Å². The second-order valence-corrected chi connectivity index (χ2v) is 3.15. The summed E-state index contributed by atoms with van der Waals surface area (Å²) in [6, 6.07) is 12.2. The average Bonchev–Trinajstić information content (AvgIpc) is 2.74. The molecule has 1 aromatic carbocycles. The first-order valence-corrected chi connectivity index (χ1v) is 4.66. The summed E-state index contributed by atoms with van der Waals surface area (Å²) in [5.41, 5.74) is 6.93. The fraction of sp³-hybridized carbons (Fsp3) is 0.182. The Morgan fingerprint density at radius 2 is 2.00 bits per heavy atom. The molecular formula is C11H13N3. The molecule has 0 spiro atoms. The van der Waals surface area contributed by atoms with Crippen molar-refractivity contribution in [3.63, 3.8) is 0 Å². The van der Waals surface area contributed by atoms with Gasteiger partial charge in [-0.15, -0.1) is 0 Å².